The number of urea groups is 1. The molecule has 96 valence electrons. The van der Waals surface area contributed by atoms with Gasteiger partial charge < -0.3 is 15.5 Å². The molecule has 0 aromatic heterocycles. The van der Waals surface area contributed by atoms with Gasteiger partial charge in [0.1, 0.15) is 0 Å². The van der Waals surface area contributed by atoms with Gasteiger partial charge in [0.15, 0.2) is 0 Å². The Hall–Kier alpha value is -0.950. The summed E-state index contributed by atoms with van der Waals surface area (Å²) in [6.07, 6.45) is 3.11. The molecule has 0 unspecified atom stereocenters. The number of fused-ring (bicyclic) bond motifs is 1. The fourth-order valence-electron chi connectivity index (χ4n) is 2.32. The monoisotopic (exact) mass is 259 g/mol. The Kier molecular flexibility index (Phi) is 4.11. The van der Waals surface area contributed by atoms with Crippen molar-refractivity contribution in [1.29, 1.82) is 0 Å². The minimum absolute atomic E-state index is 0.0583. The van der Waals surface area contributed by atoms with Crippen molar-refractivity contribution >= 4 is 23.8 Å². The van der Waals surface area contributed by atoms with Gasteiger partial charge >= 0.3 is 12.0 Å². The highest BCUT2D eigenvalue weighted by molar-refractivity contribution is 8.00. The molecule has 2 saturated heterocycles. The van der Waals surface area contributed by atoms with Gasteiger partial charge in [-0.05, 0) is 12.8 Å². The summed E-state index contributed by atoms with van der Waals surface area (Å²) >= 11 is 1.88. The third-order valence-corrected chi connectivity index (χ3v) is 4.70. The topological polar surface area (TPSA) is 93.4 Å². The molecular weight excluding hydrogens is 242 g/mol. The van der Waals surface area contributed by atoms with Gasteiger partial charge in [0.05, 0.1) is 12.1 Å². The second-order valence-electron chi connectivity index (χ2n) is 4.36. The number of hydrogen-bond acceptors (Lipinski definition) is 5. The number of unbranched alkanes of at least 4 members (excludes halogenated alkanes) is 1. The Labute approximate surface area is 104 Å². The van der Waals surface area contributed by atoms with E-state index in [1.165, 1.54) is 0 Å². The van der Waals surface area contributed by atoms with Crippen molar-refractivity contribution in [3.63, 3.8) is 0 Å². The van der Waals surface area contributed by atoms with Gasteiger partial charge in [0, 0.05) is 17.4 Å². The van der Waals surface area contributed by atoms with Crippen molar-refractivity contribution in [2.24, 2.45) is 5.90 Å². The Morgan fingerprint density at radius 2 is 2.29 bits per heavy atom. The van der Waals surface area contributed by atoms with Gasteiger partial charge in [-0.15, -0.1) is 0 Å². The zero-order valence-electron chi connectivity index (χ0n) is 9.48. The third kappa shape index (κ3) is 3.04. The zero-order chi connectivity index (χ0) is 12.3. The molecule has 2 aliphatic heterocycles. The second-order valence-corrected chi connectivity index (χ2v) is 5.63. The van der Waals surface area contributed by atoms with E-state index in [0.29, 0.717) is 11.7 Å². The number of nitrogens with two attached hydrogens (primary N) is 1. The Bertz CT molecular complexity index is 313. The van der Waals surface area contributed by atoms with Crippen LogP contribution in [0.25, 0.3) is 0 Å². The number of carbonyl (C=O) groups is 2. The van der Waals surface area contributed by atoms with E-state index in [2.05, 4.69) is 15.5 Å². The fourth-order valence-corrected chi connectivity index (χ4v) is 3.86. The predicted octanol–water partition coefficient (Wildman–Crippen LogP) is 0.129. The maximum absolute atomic E-state index is 11.2. The molecule has 17 heavy (non-hydrogen) atoms. The molecule has 0 aromatic rings. The molecule has 6 nitrogen and oxygen atoms in total. The van der Waals surface area contributed by atoms with Gasteiger partial charge in [-0.1, -0.05) is 6.42 Å². The van der Waals surface area contributed by atoms with Crippen LogP contribution in [-0.4, -0.2) is 35.1 Å². The zero-order valence-corrected chi connectivity index (χ0v) is 10.3. The van der Waals surface area contributed by atoms with Crippen LogP contribution in [0.4, 0.5) is 4.79 Å². The number of amides is 2. The van der Waals surface area contributed by atoms with E-state index in [4.69, 9.17) is 5.90 Å². The number of carbonyl (C=O) groups excluding carboxylic acids is 2. The Balaban J connectivity index is 1.66. The molecule has 0 saturated carbocycles. The molecule has 0 radical (unpaired) electrons. The van der Waals surface area contributed by atoms with Crippen molar-refractivity contribution in [3.05, 3.63) is 0 Å². The Morgan fingerprint density at radius 1 is 1.47 bits per heavy atom. The molecule has 7 heteroatoms. The molecule has 4 N–H and O–H groups in total. The summed E-state index contributed by atoms with van der Waals surface area (Å²) in [6, 6.07) is 0.456. The lowest BCUT2D eigenvalue weighted by molar-refractivity contribution is -0.144. The van der Waals surface area contributed by atoms with E-state index < -0.39 is 0 Å². The molecule has 3 atom stereocenters. The smallest absolute Gasteiger partial charge is 0.324 e. The van der Waals surface area contributed by atoms with Gasteiger partial charge in [0.25, 0.3) is 0 Å². The highest BCUT2D eigenvalue weighted by Crippen LogP contribution is 2.33. The summed E-state index contributed by atoms with van der Waals surface area (Å²) in [4.78, 5) is 26.1. The first-order chi connectivity index (χ1) is 8.20. The summed E-state index contributed by atoms with van der Waals surface area (Å²) < 4.78 is 0. The van der Waals surface area contributed by atoms with Gasteiger partial charge in [-0.25, -0.2) is 4.79 Å². The fraction of sp³-hybridized carbons (Fsp3) is 0.800. The van der Waals surface area contributed by atoms with Crippen LogP contribution in [0.5, 0.6) is 0 Å². The average molecular weight is 259 g/mol. The van der Waals surface area contributed by atoms with Crippen molar-refractivity contribution in [1.82, 2.24) is 10.6 Å². The van der Waals surface area contributed by atoms with Crippen molar-refractivity contribution in [2.45, 2.75) is 43.0 Å². The highest BCUT2D eigenvalue weighted by atomic mass is 32.2. The SMILES string of the molecule is NOC(=O)CCCC[C@@H]1SC[C@@H]2NC(=O)N[C@@H]21. The molecule has 2 fully saturated rings. The summed E-state index contributed by atoms with van der Waals surface area (Å²) in [5.74, 6) is 5.36. The highest BCUT2D eigenvalue weighted by Gasteiger charge is 2.42. The van der Waals surface area contributed by atoms with E-state index in [9.17, 15) is 9.59 Å². The molecule has 0 aliphatic carbocycles. The molecule has 2 rings (SSSR count). The predicted molar refractivity (Wildman–Crippen MR) is 64.2 cm³/mol. The standard InChI is InChI=1S/C10H17N3O3S/c11-16-8(14)4-2-1-3-7-9-6(5-17-7)12-10(15)13-9/h6-7,9H,1-5,11H2,(H2,12,13,15)/t6-,7-,9-/m0/s1. The summed E-state index contributed by atoms with van der Waals surface area (Å²) in [5, 5.41) is 6.30. The number of rotatable bonds is 5. The first-order valence-corrected chi connectivity index (χ1v) is 6.84. The van der Waals surface area contributed by atoms with Gasteiger partial charge in [-0.3, -0.25) is 4.79 Å². The lowest BCUT2D eigenvalue weighted by atomic mass is 10.0. The van der Waals surface area contributed by atoms with Crippen molar-refractivity contribution in [3.8, 4) is 0 Å². The van der Waals surface area contributed by atoms with Gasteiger partial charge in [0.2, 0.25) is 0 Å². The largest absolute Gasteiger partial charge is 0.373 e. The molecular formula is C10H17N3O3S. The van der Waals surface area contributed by atoms with Crippen molar-refractivity contribution < 1.29 is 14.4 Å². The van der Waals surface area contributed by atoms with Crippen LogP contribution in [0.3, 0.4) is 0 Å². The van der Waals surface area contributed by atoms with Crippen LogP contribution >= 0.6 is 11.8 Å². The summed E-state index contributed by atoms with van der Waals surface area (Å²) in [7, 11) is 0. The molecule has 2 aliphatic rings. The van der Waals surface area contributed by atoms with E-state index in [-0.39, 0.29) is 24.1 Å². The normalized spacial score (nSPS) is 30.6. The minimum Gasteiger partial charge on any atom is -0.373 e. The average Bonchev–Trinajstić information content (AvgIpc) is 2.84. The maximum atomic E-state index is 11.2. The lowest BCUT2D eigenvalue weighted by Crippen LogP contribution is -2.36. The van der Waals surface area contributed by atoms with Crippen molar-refractivity contribution in [2.75, 3.05) is 5.75 Å². The molecule has 2 amide bonds. The molecule has 0 bridgehead atoms. The van der Waals surface area contributed by atoms with Crippen LogP contribution in [0.15, 0.2) is 0 Å². The molecule has 0 aromatic carbocycles. The number of thioether (sulfide) groups is 1. The Morgan fingerprint density at radius 3 is 3.06 bits per heavy atom. The maximum Gasteiger partial charge on any atom is 0.324 e. The number of nitrogens with one attached hydrogen (secondary N) is 2. The summed E-state index contributed by atoms with van der Waals surface area (Å²) in [6.45, 7) is 0. The van der Waals surface area contributed by atoms with Crippen LogP contribution in [0.2, 0.25) is 0 Å². The first kappa shape index (κ1) is 12.5. The van der Waals surface area contributed by atoms with E-state index in [0.717, 1.165) is 25.0 Å². The molecule has 0 spiro atoms. The van der Waals surface area contributed by atoms with Gasteiger partial charge in [-0.2, -0.15) is 17.7 Å². The minimum atomic E-state index is -0.363. The van der Waals surface area contributed by atoms with E-state index in [1.54, 1.807) is 0 Å². The summed E-state index contributed by atoms with van der Waals surface area (Å²) in [5.41, 5.74) is 0. The molecule has 2 heterocycles. The van der Waals surface area contributed by atoms with E-state index >= 15 is 0 Å². The quantitative estimate of drug-likeness (QED) is 0.371. The lowest BCUT2D eigenvalue weighted by Gasteiger charge is -2.16. The van der Waals surface area contributed by atoms with Crippen LogP contribution in [0, 0.1) is 0 Å². The third-order valence-electron chi connectivity index (χ3n) is 3.19. The van der Waals surface area contributed by atoms with Crippen LogP contribution in [0.1, 0.15) is 25.7 Å². The van der Waals surface area contributed by atoms with Crippen LogP contribution < -0.4 is 16.5 Å². The second kappa shape index (κ2) is 5.59. The van der Waals surface area contributed by atoms with Crippen LogP contribution in [-0.2, 0) is 9.63 Å². The first-order valence-electron chi connectivity index (χ1n) is 5.79. The van der Waals surface area contributed by atoms with E-state index in [1.807, 2.05) is 11.8 Å². The number of hydrogen-bond donors (Lipinski definition) is 3.